The van der Waals surface area contributed by atoms with Crippen LogP contribution >= 0.6 is 27.5 Å². The molecule has 0 bridgehead atoms. The van der Waals surface area contributed by atoms with E-state index in [1.807, 2.05) is 0 Å². The van der Waals surface area contributed by atoms with Crippen molar-refractivity contribution in [2.24, 2.45) is 5.41 Å². The van der Waals surface area contributed by atoms with Gasteiger partial charge in [-0.15, -0.1) is 11.6 Å². The zero-order chi connectivity index (χ0) is 11.9. The number of alkyl halides is 1. The number of hydrogen-bond acceptors (Lipinski definition) is 1. The average Bonchev–Trinajstić information content (AvgIpc) is 2.23. The smallest absolute Gasteiger partial charge is 0.136 e. The van der Waals surface area contributed by atoms with Gasteiger partial charge in [-0.3, -0.25) is 0 Å². The van der Waals surface area contributed by atoms with E-state index in [0.717, 1.165) is 10.9 Å². The van der Waals surface area contributed by atoms with Crippen molar-refractivity contribution in [3.8, 4) is 5.75 Å². The normalized spacial score (nSPS) is 27.3. The fourth-order valence-corrected chi connectivity index (χ4v) is 2.40. The Balaban J connectivity index is 2.13. The summed E-state index contributed by atoms with van der Waals surface area (Å²) in [6.45, 7) is 4.12. The van der Waals surface area contributed by atoms with Crippen molar-refractivity contribution in [1.29, 1.82) is 0 Å². The quantitative estimate of drug-likeness (QED) is 0.737. The highest BCUT2D eigenvalue weighted by Gasteiger charge is 2.49. The summed E-state index contributed by atoms with van der Waals surface area (Å²) in [5.74, 6) is 0.249. The average molecular weight is 308 g/mol. The summed E-state index contributed by atoms with van der Waals surface area (Å²) >= 11 is 9.45. The monoisotopic (exact) mass is 306 g/mol. The third-order valence-corrected chi connectivity index (χ3v) is 4.62. The van der Waals surface area contributed by atoms with Gasteiger partial charge in [0.05, 0.1) is 4.47 Å². The summed E-state index contributed by atoms with van der Waals surface area (Å²) in [5.41, 5.74) is -0.0622. The van der Waals surface area contributed by atoms with Gasteiger partial charge in [0.1, 0.15) is 17.7 Å². The molecule has 2 unspecified atom stereocenters. The van der Waals surface area contributed by atoms with Gasteiger partial charge in [0.15, 0.2) is 0 Å². The van der Waals surface area contributed by atoms with Crippen molar-refractivity contribution < 1.29 is 9.13 Å². The highest BCUT2D eigenvalue weighted by Crippen LogP contribution is 2.47. The van der Waals surface area contributed by atoms with Crippen LogP contribution in [0.5, 0.6) is 5.75 Å². The minimum atomic E-state index is -0.294. The molecule has 1 saturated carbocycles. The molecule has 0 aliphatic heterocycles. The van der Waals surface area contributed by atoms with E-state index in [9.17, 15) is 4.39 Å². The summed E-state index contributed by atoms with van der Waals surface area (Å²) in [5, 5.41) is 0.129. The Kier molecular flexibility index (Phi) is 3.19. The van der Waals surface area contributed by atoms with Crippen LogP contribution in [0, 0.1) is 11.2 Å². The second-order valence-electron chi connectivity index (χ2n) is 4.71. The fraction of sp³-hybridized carbons (Fsp3) is 0.500. The summed E-state index contributed by atoms with van der Waals surface area (Å²) in [6.07, 6.45) is 0.852. The molecular weight excluding hydrogens is 294 g/mol. The summed E-state index contributed by atoms with van der Waals surface area (Å²) in [6, 6.07) is 4.43. The van der Waals surface area contributed by atoms with Gasteiger partial charge in [-0.1, -0.05) is 13.8 Å². The minimum absolute atomic E-state index is 0.0492. The van der Waals surface area contributed by atoms with E-state index in [0.29, 0.717) is 5.75 Å². The minimum Gasteiger partial charge on any atom is -0.488 e. The van der Waals surface area contributed by atoms with E-state index in [1.54, 1.807) is 6.07 Å². The Hall–Kier alpha value is -0.280. The van der Waals surface area contributed by atoms with Crippen molar-refractivity contribution in [3.63, 3.8) is 0 Å². The molecule has 0 N–H and O–H groups in total. The number of halogens is 3. The molecule has 0 saturated heterocycles. The topological polar surface area (TPSA) is 9.23 Å². The van der Waals surface area contributed by atoms with E-state index in [2.05, 4.69) is 29.8 Å². The number of rotatable bonds is 2. The lowest BCUT2D eigenvalue weighted by Gasteiger charge is -2.48. The van der Waals surface area contributed by atoms with E-state index in [1.165, 1.54) is 12.1 Å². The molecule has 4 heteroatoms. The van der Waals surface area contributed by atoms with Crippen LogP contribution in [0.25, 0.3) is 0 Å². The molecule has 0 heterocycles. The summed E-state index contributed by atoms with van der Waals surface area (Å²) < 4.78 is 19.6. The number of benzene rings is 1. The van der Waals surface area contributed by atoms with Crippen molar-refractivity contribution in [3.05, 3.63) is 28.5 Å². The molecule has 0 radical (unpaired) electrons. The first-order chi connectivity index (χ1) is 7.41. The highest BCUT2D eigenvalue weighted by molar-refractivity contribution is 9.10. The molecule has 88 valence electrons. The third-order valence-electron chi connectivity index (χ3n) is 3.22. The Morgan fingerprint density at radius 1 is 1.50 bits per heavy atom. The Bertz CT molecular complexity index is 408. The molecule has 1 aliphatic rings. The molecule has 0 amide bonds. The van der Waals surface area contributed by atoms with Crippen molar-refractivity contribution in [2.75, 3.05) is 0 Å². The first-order valence-corrected chi connectivity index (χ1v) is 6.40. The van der Waals surface area contributed by atoms with Crippen LogP contribution in [0.1, 0.15) is 20.3 Å². The summed E-state index contributed by atoms with van der Waals surface area (Å²) in [4.78, 5) is 0. The van der Waals surface area contributed by atoms with Crippen molar-refractivity contribution in [2.45, 2.75) is 31.7 Å². The van der Waals surface area contributed by atoms with Crippen LogP contribution in [0.15, 0.2) is 22.7 Å². The van der Waals surface area contributed by atoms with Crippen LogP contribution < -0.4 is 4.74 Å². The lowest BCUT2D eigenvalue weighted by atomic mass is 9.68. The largest absolute Gasteiger partial charge is 0.488 e. The first kappa shape index (κ1) is 12.2. The standard InChI is InChI=1S/C12H13BrClFO/c1-12(2)10(14)6-11(12)16-9-5-7(15)3-4-8(9)13/h3-5,10-11H,6H2,1-2H3. The van der Waals surface area contributed by atoms with E-state index < -0.39 is 0 Å². The molecule has 16 heavy (non-hydrogen) atoms. The fourth-order valence-electron chi connectivity index (χ4n) is 1.76. The maximum atomic E-state index is 13.1. The van der Waals surface area contributed by atoms with Crippen LogP contribution in [0.2, 0.25) is 0 Å². The molecule has 1 aliphatic carbocycles. The van der Waals surface area contributed by atoms with Crippen molar-refractivity contribution >= 4 is 27.5 Å². The maximum absolute atomic E-state index is 13.1. The van der Waals surface area contributed by atoms with Gasteiger partial charge in [0.25, 0.3) is 0 Å². The van der Waals surface area contributed by atoms with Gasteiger partial charge in [0.2, 0.25) is 0 Å². The molecule has 1 aromatic rings. The second kappa shape index (κ2) is 4.19. The molecule has 2 atom stereocenters. The van der Waals surface area contributed by atoms with Crippen LogP contribution in [-0.4, -0.2) is 11.5 Å². The van der Waals surface area contributed by atoms with Gasteiger partial charge >= 0.3 is 0 Å². The van der Waals surface area contributed by atoms with E-state index >= 15 is 0 Å². The second-order valence-corrected chi connectivity index (χ2v) is 6.09. The van der Waals surface area contributed by atoms with Gasteiger partial charge in [-0.2, -0.15) is 0 Å². The SMILES string of the molecule is CC1(C)C(Cl)CC1Oc1cc(F)ccc1Br. The van der Waals surface area contributed by atoms with Gasteiger partial charge in [-0.05, 0) is 28.1 Å². The van der Waals surface area contributed by atoms with Gasteiger partial charge in [-0.25, -0.2) is 4.39 Å². The molecule has 0 aromatic heterocycles. The van der Waals surface area contributed by atoms with Gasteiger partial charge in [0, 0.05) is 23.3 Å². The van der Waals surface area contributed by atoms with Crippen LogP contribution in [-0.2, 0) is 0 Å². The van der Waals surface area contributed by atoms with Crippen LogP contribution in [0.4, 0.5) is 4.39 Å². The Morgan fingerprint density at radius 2 is 2.19 bits per heavy atom. The molecule has 1 aromatic carbocycles. The zero-order valence-corrected chi connectivity index (χ0v) is 11.5. The number of hydrogen-bond donors (Lipinski definition) is 0. The molecule has 2 rings (SSSR count). The molecule has 0 spiro atoms. The number of ether oxygens (including phenoxy) is 1. The maximum Gasteiger partial charge on any atom is 0.136 e. The Morgan fingerprint density at radius 3 is 2.75 bits per heavy atom. The van der Waals surface area contributed by atoms with Gasteiger partial charge < -0.3 is 4.74 Å². The highest BCUT2D eigenvalue weighted by atomic mass is 79.9. The van der Waals surface area contributed by atoms with E-state index in [4.69, 9.17) is 16.3 Å². The Labute approximate surface area is 108 Å². The lowest BCUT2D eigenvalue weighted by Crippen LogP contribution is -2.53. The predicted molar refractivity (Wildman–Crippen MR) is 66.6 cm³/mol. The van der Waals surface area contributed by atoms with E-state index in [-0.39, 0.29) is 22.7 Å². The third kappa shape index (κ3) is 2.07. The molecule has 1 fully saturated rings. The summed E-state index contributed by atoms with van der Waals surface area (Å²) in [7, 11) is 0. The first-order valence-electron chi connectivity index (χ1n) is 5.17. The predicted octanol–water partition coefficient (Wildman–Crippen LogP) is 4.37. The van der Waals surface area contributed by atoms with Crippen LogP contribution in [0.3, 0.4) is 0 Å². The molecular formula is C12H13BrClFO. The zero-order valence-electron chi connectivity index (χ0n) is 9.14. The molecule has 1 nitrogen and oxygen atoms in total. The lowest BCUT2D eigenvalue weighted by molar-refractivity contribution is -0.0136. The van der Waals surface area contributed by atoms with Crippen molar-refractivity contribution in [1.82, 2.24) is 0 Å².